The molecule has 0 unspecified atom stereocenters. The minimum absolute atomic E-state index is 0.0588. The second-order valence-electron chi connectivity index (χ2n) is 3.61. The molecule has 0 aliphatic rings. The second-order valence-corrected chi connectivity index (χ2v) is 4.61. The Balaban J connectivity index is 2.92. The molecule has 0 heterocycles. The normalized spacial score (nSPS) is 11.7. The zero-order valence-corrected chi connectivity index (χ0v) is 10.4. The molecule has 82 valence electrons. The van der Waals surface area contributed by atoms with Gasteiger partial charge in [0.25, 0.3) is 0 Å². The molecule has 0 amide bonds. The van der Waals surface area contributed by atoms with E-state index in [0.29, 0.717) is 0 Å². The van der Waals surface area contributed by atoms with Crippen LogP contribution < -0.4 is 4.74 Å². The van der Waals surface area contributed by atoms with Crippen molar-refractivity contribution in [1.82, 2.24) is 0 Å². The fourth-order valence-electron chi connectivity index (χ4n) is 1.42. The van der Waals surface area contributed by atoms with Gasteiger partial charge in [0.1, 0.15) is 5.75 Å². The van der Waals surface area contributed by atoms with Crippen LogP contribution in [0.15, 0.2) is 24.3 Å². The number of ether oxygens (including phenoxy) is 1. The lowest BCUT2D eigenvalue weighted by atomic mass is 10.2. The van der Waals surface area contributed by atoms with Gasteiger partial charge >= 0.3 is 0 Å². The summed E-state index contributed by atoms with van der Waals surface area (Å²) in [6.07, 6.45) is 1.48. The third kappa shape index (κ3) is 2.79. The van der Waals surface area contributed by atoms with Crippen molar-refractivity contribution in [3.8, 4) is 5.75 Å². The molecular weight excluding hydrogens is 207 g/mol. The minimum Gasteiger partial charge on any atom is -0.475 e. The van der Waals surface area contributed by atoms with Crippen molar-refractivity contribution in [2.75, 3.05) is 0 Å². The van der Waals surface area contributed by atoms with Gasteiger partial charge in [0, 0.05) is 0 Å². The molecule has 0 aliphatic heterocycles. The fraction of sp³-hybridized carbons (Fsp3) is 0.500. The quantitative estimate of drug-likeness (QED) is 0.701. The van der Waals surface area contributed by atoms with E-state index in [1.165, 1.54) is 0 Å². The van der Waals surface area contributed by atoms with E-state index in [9.17, 15) is 4.57 Å². The number of rotatable bonds is 5. The molecule has 0 N–H and O–H groups in total. The molecule has 0 spiro atoms. The smallest absolute Gasteiger partial charge is 0.204 e. The third-order valence-electron chi connectivity index (χ3n) is 2.66. The Morgan fingerprint density at radius 2 is 1.87 bits per heavy atom. The van der Waals surface area contributed by atoms with E-state index in [1.807, 2.05) is 45.0 Å². The van der Waals surface area contributed by atoms with Gasteiger partial charge in [-0.25, -0.2) is 0 Å². The van der Waals surface area contributed by atoms with E-state index in [1.54, 1.807) is 0 Å². The summed E-state index contributed by atoms with van der Waals surface area (Å²) in [5.74, 6) is 0.824. The summed E-state index contributed by atoms with van der Waals surface area (Å²) in [5.41, 5.74) is 1.08. The van der Waals surface area contributed by atoms with Crippen LogP contribution in [0.25, 0.3) is 0 Å². The molecule has 1 aromatic carbocycles. The van der Waals surface area contributed by atoms with Crippen LogP contribution in [-0.4, -0.2) is 5.34 Å². The summed E-state index contributed by atoms with van der Waals surface area (Å²) < 4.78 is 17.0. The van der Waals surface area contributed by atoms with Crippen LogP contribution in [0.2, 0.25) is 0 Å². The fourth-order valence-corrected chi connectivity index (χ4v) is 1.81. The minimum atomic E-state index is -0.563. The van der Waals surface area contributed by atoms with Gasteiger partial charge in [-0.3, -0.25) is 4.57 Å². The van der Waals surface area contributed by atoms with Crippen LogP contribution in [0.4, 0.5) is 0 Å². The molecule has 0 bridgehead atoms. The summed E-state index contributed by atoms with van der Waals surface area (Å²) in [5, 5.41) is -0.563. The van der Waals surface area contributed by atoms with E-state index in [2.05, 4.69) is 0 Å². The first-order valence-corrected chi connectivity index (χ1v) is 6.08. The Morgan fingerprint density at radius 3 is 2.33 bits per heavy atom. The topological polar surface area (TPSA) is 26.3 Å². The van der Waals surface area contributed by atoms with E-state index in [0.717, 1.165) is 24.2 Å². The third-order valence-corrected chi connectivity index (χ3v) is 3.72. The molecule has 1 rings (SSSR count). The zero-order valence-electron chi connectivity index (χ0n) is 9.49. The Bertz CT molecular complexity index is 332. The number of hydrogen-bond acceptors (Lipinski definition) is 2. The van der Waals surface area contributed by atoms with E-state index >= 15 is 0 Å². The molecule has 1 aromatic rings. The number of hydrogen-bond donors (Lipinski definition) is 0. The molecule has 0 saturated carbocycles. The molecule has 2 nitrogen and oxygen atoms in total. The second kappa shape index (κ2) is 5.27. The van der Waals surface area contributed by atoms with Gasteiger partial charge in [0.05, 0.1) is 0 Å². The highest BCUT2D eigenvalue weighted by molar-refractivity contribution is 7.25. The maximum absolute atomic E-state index is 11.2. The van der Waals surface area contributed by atoms with Crippen LogP contribution in [0, 0.1) is 6.92 Å². The lowest BCUT2D eigenvalue weighted by Crippen LogP contribution is -2.27. The average molecular weight is 224 g/mol. The van der Waals surface area contributed by atoms with Crippen LogP contribution >= 0.6 is 8.46 Å². The highest BCUT2D eigenvalue weighted by Crippen LogP contribution is 2.34. The van der Waals surface area contributed by atoms with Crippen molar-refractivity contribution in [3.05, 3.63) is 29.8 Å². The molecular formula is C12H17O2P. The SMILES string of the molecule is CCC(CC)(Oc1ccccc1C)P=O. The monoisotopic (exact) mass is 224 g/mol. The lowest BCUT2D eigenvalue weighted by Gasteiger charge is -2.26. The molecule has 3 heteroatoms. The van der Waals surface area contributed by atoms with Crippen LogP contribution in [-0.2, 0) is 4.57 Å². The van der Waals surface area contributed by atoms with Crippen LogP contribution in [0.3, 0.4) is 0 Å². The summed E-state index contributed by atoms with van der Waals surface area (Å²) in [6, 6.07) is 7.81. The predicted molar refractivity (Wildman–Crippen MR) is 62.7 cm³/mol. The highest BCUT2D eigenvalue weighted by Gasteiger charge is 2.29. The van der Waals surface area contributed by atoms with E-state index in [-0.39, 0.29) is 8.46 Å². The van der Waals surface area contributed by atoms with E-state index < -0.39 is 5.34 Å². The maximum atomic E-state index is 11.2. The molecule has 15 heavy (non-hydrogen) atoms. The highest BCUT2D eigenvalue weighted by atomic mass is 31.1. The molecule has 0 radical (unpaired) electrons. The predicted octanol–water partition coefficient (Wildman–Crippen LogP) is 4.18. The first kappa shape index (κ1) is 12.2. The first-order valence-electron chi connectivity index (χ1n) is 5.26. The molecule has 0 fully saturated rings. The Morgan fingerprint density at radius 1 is 1.27 bits per heavy atom. The van der Waals surface area contributed by atoms with Gasteiger partial charge in [-0.05, 0) is 31.4 Å². The molecule has 0 atom stereocenters. The number of para-hydroxylation sites is 1. The number of aryl methyl sites for hydroxylation is 1. The molecule has 0 aliphatic carbocycles. The van der Waals surface area contributed by atoms with Crippen molar-refractivity contribution in [3.63, 3.8) is 0 Å². The van der Waals surface area contributed by atoms with Gasteiger partial charge in [-0.2, -0.15) is 0 Å². The largest absolute Gasteiger partial charge is 0.475 e. The first-order chi connectivity index (χ1) is 7.17. The van der Waals surface area contributed by atoms with Gasteiger partial charge < -0.3 is 4.74 Å². The van der Waals surface area contributed by atoms with Crippen molar-refractivity contribution in [2.45, 2.75) is 39.0 Å². The van der Waals surface area contributed by atoms with Gasteiger partial charge in [-0.15, -0.1) is 0 Å². The average Bonchev–Trinajstić information content (AvgIpc) is 2.29. The van der Waals surface area contributed by atoms with Gasteiger partial charge in [0.15, 0.2) is 5.34 Å². The standard InChI is InChI=1S/C12H17O2P/c1-4-12(5-2,15-13)14-11-9-7-6-8-10(11)3/h6-9H,4-5H2,1-3H3. The van der Waals surface area contributed by atoms with Crippen molar-refractivity contribution >= 4 is 8.46 Å². The van der Waals surface area contributed by atoms with Crippen molar-refractivity contribution in [1.29, 1.82) is 0 Å². The molecule has 0 aromatic heterocycles. The zero-order chi connectivity index (χ0) is 11.3. The Hall–Kier alpha value is -0.880. The van der Waals surface area contributed by atoms with Crippen LogP contribution in [0.5, 0.6) is 5.75 Å². The van der Waals surface area contributed by atoms with E-state index in [4.69, 9.17) is 4.74 Å². The summed E-state index contributed by atoms with van der Waals surface area (Å²) >= 11 is 0. The van der Waals surface area contributed by atoms with Gasteiger partial charge in [0.2, 0.25) is 8.46 Å². The number of benzene rings is 1. The van der Waals surface area contributed by atoms with Crippen molar-refractivity contribution < 1.29 is 9.30 Å². The summed E-state index contributed by atoms with van der Waals surface area (Å²) in [6.45, 7) is 5.98. The van der Waals surface area contributed by atoms with Crippen LogP contribution in [0.1, 0.15) is 32.3 Å². The Kier molecular flexibility index (Phi) is 4.28. The summed E-state index contributed by atoms with van der Waals surface area (Å²) in [4.78, 5) is 0. The maximum Gasteiger partial charge on any atom is 0.204 e. The lowest BCUT2D eigenvalue weighted by molar-refractivity contribution is 0.148. The summed E-state index contributed by atoms with van der Waals surface area (Å²) in [7, 11) is 0.0588. The van der Waals surface area contributed by atoms with Crippen molar-refractivity contribution in [2.24, 2.45) is 0 Å². The Labute approximate surface area is 92.9 Å². The molecule has 0 saturated heterocycles. The van der Waals surface area contributed by atoms with Gasteiger partial charge in [-0.1, -0.05) is 32.0 Å².